The van der Waals surface area contributed by atoms with Crippen molar-refractivity contribution in [3.63, 3.8) is 0 Å². The number of thiazole rings is 1. The molecule has 0 aliphatic heterocycles. The highest BCUT2D eigenvalue weighted by molar-refractivity contribution is 7.15. The van der Waals surface area contributed by atoms with Crippen LogP contribution in [0.1, 0.15) is 29.3 Å². The van der Waals surface area contributed by atoms with E-state index >= 15 is 0 Å². The number of ether oxygens (including phenoxy) is 1. The van der Waals surface area contributed by atoms with Gasteiger partial charge in [-0.2, -0.15) is 0 Å². The zero-order valence-corrected chi connectivity index (χ0v) is 8.80. The van der Waals surface area contributed by atoms with Crippen molar-refractivity contribution in [3.8, 4) is 0 Å². The first-order chi connectivity index (χ1) is 6.50. The molecule has 0 saturated heterocycles. The van der Waals surface area contributed by atoms with Crippen LogP contribution in [0.5, 0.6) is 0 Å². The fraction of sp³-hybridized carbons (Fsp3) is 0.500. The highest BCUT2D eigenvalue weighted by Crippen LogP contribution is 2.21. The SMILES string of the molecule is CC(C)OCc1nc(C(=O)O)c(N)s1. The molecule has 3 N–H and O–H groups in total. The first kappa shape index (κ1) is 10.9. The number of aromatic carboxylic acids is 1. The van der Waals surface area contributed by atoms with Crippen molar-refractivity contribution in [1.29, 1.82) is 0 Å². The molecule has 5 nitrogen and oxygen atoms in total. The van der Waals surface area contributed by atoms with Gasteiger partial charge in [-0.1, -0.05) is 11.3 Å². The van der Waals surface area contributed by atoms with E-state index in [1.165, 1.54) is 0 Å². The van der Waals surface area contributed by atoms with Crippen LogP contribution in [0.25, 0.3) is 0 Å². The smallest absolute Gasteiger partial charge is 0.357 e. The van der Waals surface area contributed by atoms with Crippen molar-refractivity contribution in [2.24, 2.45) is 0 Å². The van der Waals surface area contributed by atoms with Crippen LogP contribution in [-0.4, -0.2) is 22.2 Å². The molecule has 1 heterocycles. The lowest BCUT2D eigenvalue weighted by Gasteiger charge is -2.03. The molecule has 0 spiro atoms. The number of anilines is 1. The third-order valence-electron chi connectivity index (χ3n) is 1.44. The molecule has 1 aromatic rings. The van der Waals surface area contributed by atoms with Crippen molar-refractivity contribution in [2.45, 2.75) is 26.6 Å². The average molecular weight is 216 g/mol. The van der Waals surface area contributed by atoms with Gasteiger partial charge >= 0.3 is 5.97 Å². The molecule has 0 unspecified atom stereocenters. The van der Waals surface area contributed by atoms with E-state index in [1.54, 1.807) is 0 Å². The van der Waals surface area contributed by atoms with E-state index in [2.05, 4.69) is 4.98 Å². The maximum atomic E-state index is 10.6. The monoisotopic (exact) mass is 216 g/mol. The zero-order valence-electron chi connectivity index (χ0n) is 7.98. The molecule has 0 fully saturated rings. The molecule has 0 aliphatic rings. The molecule has 78 valence electrons. The number of hydrogen-bond acceptors (Lipinski definition) is 5. The molecule has 0 atom stereocenters. The second kappa shape index (κ2) is 4.39. The van der Waals surface area contributed by atoms with Crippen molar-refractivity contribution in [1.82, 2.24) is 4.98 Å². The maximum absolute atomic E-state index is 10.6. The van der Waals surface area contributed by atoms with Gasteiger partial charge in [0.1, 0.15) is 10.0 Å². The molecule has 0 radical (unpaired) electrons. The first-order valence-electron chi connectivity index (χ1n) is 4.10. The second-order valence-electron chi connectivity index (χ2n) is 2.99. The summed E-state index contributed by atoms with van der Waals surface area (Å²) >= 11 is 1.15. The Morgan fingerprint density at radius 2 is 2.36 bits per heavy atom. The highest BCUT2D eigenvalue weighted by atomic mass is 32.1. The Morgan fingerprint density at radius 1 is 1.71 bits per heavy atom. The van der Waals surface area contributed by atoms with E-state index in [0.29, 0.717) is 11.6 Å². The standard InChI is InChI=1S/C8H12N2O3S/c1-4(2)13-3-5-10-6(8(11)12)7(9)14-5/h4H,3,9H2,1-2H3,(H,11,12). The van der Waals surface area contributed by atoms with E-state index in [4.69, 9.17) is 15.6 Å². The minimum atomic E-state index is -1.10. The van der Waals surface area contributed by atoms with Crippen LogP contribution in [-0.2, 0) is 11.3 Å². The minimum Gasteiger partial charge on any atom is -0.476 e. The predicted octanol–water partition coefficient (Wildman–Crippen LogP) is 1.35. The number of carbonyl (C=O) groups is 1. The van der Waals surface area contributed by atoms with Crippen molar-refractivity contribution >= 4 is 22.3 Å². The van der Waals surface area contributed by atoms with Gasteiger partial charge in [0, 0.05) is 0 Å². The zero-order chi connectivity index (χ0) is 10.7. The van der Waals surface area contributed by atoms with Gasteiger partial charge in [0.05, 0.1) is 12.7 Å². The quantitative estimate of drug-likeness (QED) is 0.793. The lowest BCUT2D eigenvalue weighted by Crippen LogP contribution is -2.03. The third kappa shape index (κ3) is 2.68. The van der Waals surface area contributed by atoms with Crippen molar-refractivity contribution in [2.75, 3.05) is 5.73 Å². The van der Waals surface area contributed by atoms with E-state index < -0.39 is 5.97 Å². The van der Waals surface area contributed by atoms with Gasteiger partial charge in [0.25, 0.3) is 0 Å². The molecular weight excluding hydrogens is 204 g/mol. The van der Waals surface area contributed by atoms with Gasteiger partial charge in [-0.15, -0.1) is 0 Å². The fourth-order valence-corrected chi connectivity index (χ4v) is 1.58. The Bertz CT molecular complexity index is 335. The number of nitrogens with zero attached hydrogens (tertiary/aromatic N) is 1. The van der Waals surface area contributed by atoms with E-state index in [1.807, 2.05) is 13.8 Å². The summed E-state index contributed by atoms with van der Waals surface area (Å²) in [6.45, 7) is 4.10. The third-order valence-corrected chi connectivity index (χ3v) is 2.30. The largest absolute Gasteiger partial charge is 0.476 e. The molecule has 6 heteroatoms. The van der Waals surface area contributed by atoms with Crippen molar-refractivity contribution in [3.05, 3.63) is 10.7 Å². The molecule has 0 bridgehead atoms. The average Bonchev–Trinajstić information content (AvgIpc) is 2.43. The number of hydrogen-bond donors (Lipinski definition) is 2. The van der Waals surface area contributed by atoms with Gasteiger partial charge in [-0.25, -0.2) is 9.78 Å². The Kier molecular flexibility index (Phi) is 3.43. The molecule has 1 aromatic heterocycles. The molecule has 0 aliphatic carbocycles. The fourth-order valence-electron chi connectivity index (χ4n) is 0.831. The van der Waals surface area contributed by atoms with Gasteiger partial charge in [0.15, 0.2) is 5.69 Å². The van der Waals surface area contributed by atoms with Crippen molar-refractivity contribution < 1.29 is 14.6 Å². The van der Waals surface area contributed by atoms with E-state index in [0.717, 1.165) is 11.3 Å². The van der Waals surface area contributed by atoms with E-state index in [-0.39, 0.29) is 16.8 Å². The normalized spacial score (nSPS) is 10.8. The number of carboxylic acids is 1. The number of nitrogens with two attached hydrogens (primary N) is 1. The lowest BCUT2D eigenvalue weighted by molar-refractivity contribution is 0.0646. The molecule has 1 rings (SSSR count). The van der Waals surface area contributed by atoms with Gasteiger partial charge in [0.2, 0.25) is 0 Å². The van der Waals surface area contributed by atoms with E-state index in [9.17, 15) is 4.79 Å². The topological polar surface area (TPSA) is 85.4 Å². The van der Waals surface area contributed by atoms with Crippen LogP contribution < -0.4 is 5.73 Å². The summed E-state index contributed by atoms with van der Waals surface area (Å²) in [5, 5.41) is 9.49. The first-order valence-corrected chi connectivity index (χ1v) is 4.92. The van der Waals surface area contributed by atoms with Crippen LogP contribution in [0, 0.1) is 0 Å². The Balaban J connectivity index is 2.71. The molecular formula is C8H12N2O3S. The summed E-state index contributed by atoms with van der Waals surface area (Å²) in [5.74, 6) is -1.10. The van der Waals surface area contributed by atoms with Crippen LogP contribution in [0.2, 0.25) is 0 Å². The van der Waals surface area contributed by atoms with Crippen LogP contribution in [0.3, 0.4) is 0 Å². The van der Waals surface area contributed by atoms with Crippen LogP contribution >= 0.6 is 11.3 Å². The van der Waals surface area contributed by atoms with Gasteiger partial charge < -0.3 is 15.6 Å². The number of nitrogen functional groups attached to an aromatic ring is 1. The Labute approximate surface area is 85.5 Å². The summed E-state index contributed by atoms with van der Waals surface area (Å²) < 4.78 is 5.28. The van der Waals surface area contributed by atoms with Gasteiger partial charge in [-0.05, 0) is 13.8 Å². The summed E-state index contributed by atoms with van der Waals surface area (Å²) in [7, 11) is 0. The molecule has 0 saturated carbocycles. The van der Waals surface area contributed by atoms with Crippen LogP contribution in [0.15, 0.2) is 0 Å². The Hall–Kier alpha value is -1.14. The minimum absolute atomic E-state index is 0.0858. The lowest BCUT2D eigenvalue weighted by atomic mass is 10.4. The summed E-state index contributed by atoms with van der Waals surface area (Å²) in [6.07, 6.45) is 0.0911. The summed E-state index contributed by atoms with van der Waals surface area (Å²) in [4.78, 5) is 14.4. The Morgan fingerprint density at radius 3 is 2.79 bits per heavy atom. The predicted molar refractivity (Wildman–Crippen MR) is 53.4 cm³/mol. The number of rotatable bonds is 4. The second-order valence-corrected chi connectivity index (χ2v) is 4.10. The highest BCUT2D eigenvalue weighted by Gasteiger charge is 2.14. The number of carboxylic acid groups (broad SMARTS) is 1. The van der Waals surface area contributed by atoms with Gasteiger partial charge in [-0.3, -0.25) is 0 Å². The molecule has 14 heavy (non-hydrogen) atoms. The summed E-state index contributed by atoms with van der Waals surface area (Å²) in [6, 6.07) is 0. The number of aromatic nitrogens is 1. The molecule has 0 aromatic carbocycles. The molecule has 0 amide bonds. The summed E-state index contributed by atoms with van der Waals surface area (Å²) in [5.41, 5.74) is 5.38. The maximum Gasteiger partial charge on any atom is 0.357 e. The van der Waals surface area contributed by atoms with Crippen LogP contribution in [0.4, 0.5) is 5.00 Å².